The summed E-state index contributed by atoms with van der Waals surface area (Å²) in [5.74, 6) is 0.306. The Morgan fingerprint density at radius 3 is 2.19 bits per heavy atom. The summed E-state index contributed by atoms with van der Waals surface area (Å²) in [6.45, 7) is 14.7. The third-order valence-corrected chi connectivity index (χ3v) is 2.69. The molecule has 0 aliphatic rings. The molecule has 0 aromatic heterocycles. The zero-order chi connectivity index (χ0) is 16.7. The summed E-state index contributed by atoms with van der Waals surface area (Å²) in [4.78, 5) is 0. The summed E-state index contributed by atoms with van der Waals surface area (Å²) >= 11 is 0. The molecular formula is C19H33NO. The van der Waals surface area contributed by atoms with E-state index in [1.54, 1.807) is 6.08 Å². The number of hydrogen-bond donors (Lipinski definition) is 2. The maximum absolute atomic E-state index is 9.73. The van der Waals surface area contributed by atoms with Crippen LogP contribution in [-0.2, 0) is 6.54 Å². The van der Waals surface area contributed by atoms with Crippen LogP contribution in [0.5, 0.6) is 0 Å². The van der Waals surface area contributed by atoms with E-state index in [2.05, 4.69) is 31.3 Å². The van der Waals surface area contributed by atoms with Gasteiger partial charge in [0.25, 0.3) is 0 Å². The van der Waals surface area contributed by atoms with Gasteiger partial charge in [-0.25, -0.2) is 0 Å². The smallest absolute Gasteiger partial charge is 0.134 e. The topological polar surface area (TPSA) is 32.3 Å². The fraction of sp³-hybridized carbons (Fsp3) is 0.474. The van der Waals surface area contributed by atoms with Crippen molar-refractivity contribution in [2.45, 2.75) is 61.4 Å². The Labute approximate surface area is 131 Å². The zero-order valence-corrected chi connectivity index (χ0v) is 14.8. The lowest BCUT2D eigenvalue weighted by atomic mass is 10.1. The first kappa shape index (κ1) is 21.6. The van der Waals surface area contributed by atoms with Gasteiger partial charge in [-0.1, -0.05) is 65.0 Å². The second-order valence-corrected chi connectivity index (χ2v) is 3.98. The Morgan fingerprint density at radius 2 is 1.71 bits per heavy atom. The molecule has 0 bridgehead atoms. The third kappa shape index (κ3) is 8.96. The molecular weight excluding hydrogens is 258 g/mol. The lowest BCUT2D eigenvalue weighted by molar-refractivity contribution is 0.411. The van der Waals surface area contributed by atoms with Gasteiger partial charge in [-0.2, -0.15) is 0 Å². The van der Waals surface area contributed by atoms with Gasteiger partial charge >= 0.3 is 0 Å². The molecule has 0 aliphatic carbocycles. The molecule has 0 amide bonds. The van der Waals surface area contributed by atoms with E-state index in [1.165, 1.54) is 11.1 Å². The first-order valence-electron chi connectivity index (χ1n) is 8.03. The summed E-state index contributed by atoms with van der Waals surface area (Å²) in [5.41, 5.74) is 3.31. The number of benzene rings is 1. The van der Waals surface area contributed by atoms with Crippen LogP contribution >= 0.6 is 0 Å². The molecule has 2 N–H and O–H groups in total. The largest absolute Gasteiger partial charge is 0.506 e. The summed E-state index contributed by atoms with van der Waals surface area (Å²) in [6.07, 6.45) is 4.59. The van der Waals surface area contributed by atoms with Crippen molar-refractivity contribution in [2.24, 2.45) is 0 Å². The molecule has 0 aliphatic heterocycles. The fourth-order valence-corrected chi connectivity index (χ4v) is 1.63. The van der Waals surface area contributed by atoms with Crippen LogP contribution in [0.4, 0.5) is 0 Å². The van der Waals surface area contributed by atoms with E-state index in [1.807, 2.05) is 52.8 Å². The van der Waals surface area contributed by atoms with Crippen LogP contribution in [0.3, 0.4) is 0 Å². The van der Waals surface area contributed by atoms with Crippen molar-refractivity contribution < 1.29 is 5.11 Å². The highest BCUT2D eigenvalue weighted by Gasteiger charge is 2.02. The predicted octanol–water partition coefficient (Wildman–Crippen LogP) is 5.89. The number of aliphatic hydroxyl groups is 1. The minimum absolute atomic E-state index is 0.306. The first-order chi connectivity index (χ1) is 10.2. The standard InChI is InChI=1S/C15H21NO.2C2H6/c1-4-8-14(15(17)5-2)16-11-13-10-7-6-9-12(13)3;2*1-2/h5-10,16-17H,4,11H2,1-3H3;2*1-2H3/b14-8+,15-5+;;. The van der Waals surface area contributed by atoms with Crippen LogP contribution in [0.15, 0.2) is 47.9 Å². The minimum Gasteiger partial charge on any atom is -0.506 e. The monoisotopic (exact) mass is 291 g/mol. The fourth-order valence-electron chi connectivity index (χ4n) is 1.63. The second kappa shape index (κ2) is 14.7. The van der Waals surface area contributed by atoms with Crippen molar-refractivity contribution >= 4 is 0 Å². The van der Waals surface area contributed by atoms with Gasteiger partial charge in [0.15, 0.2) is 0 Å². The number of hydrogen-bond acceptors (Lipinski definition) is 2. The SMILES string of the molecule is C/C=C(O)\C(=C/CC)NCc1ccccc1C.CC.CC. The lowest BCUT2D eigenvalue weighted by Gasteiger charge is -2.12. The van der Waals surface area contributed by atoms with Gasteiger partial charge in [0.2, 0.25) is 0 Å². The maximum Gasteiger partial charge on any atom is 0.134 e. The molecule has 0 radical (unpaired) electrons. The number of aryl methyl sites for hydroxylation is 1. The Morgan fingerprint density at radius 1 is 1.14 bits per heavy atom. The van der Waals surface area contributed by atoms with E-state index in [0.717, 1.165) is 18.7 Å². The quantitative estimate of drug-likeness (QED) is 0.523. The van der Waals surface area contributed by atoms with E-state index >= 15 is 0 Å². The summed E-state index contributed by atoms with van der Waals surface area (Å²) in [7, 11) is 0. The van der Waals surface area contributed by atoms with Crippen LogP contribution < -0.4 is 5.32 Å². The molecule has 1 aromatic rings. The van der Waals surface area contributed by atoms with Gasteiger partial charge in [0.05, 0.1) is 5.70 Å². The first-order valence-corrected chi connectivity index (χ1v) is 8.03. The molecule has 0 saturated heterocycles. The van der Waals surface area contributed by atoms with Crippen molar-refractivity contribution in [3.05, 3.63) is 59.0 Å². The van der Waals surface area contributed by atoms with Crippen LogP contribution in [-0.4, -0.2) is 5.11 Å². The predicted molar refractivity (Wildman–Crippen MR) is 95.5 cm³/mol. The molecule has 0 fully saturated rings. The average molecular weight is 291 g/mol. The average Bonchev–Trinajstić information content (AvgIpc) is 2.56. The molecule has 1 rings (SSSR count). The minimum atomic E-state index is 0.306. The molecule has 2 nitrogen and oxygen atoms in total. The van der Waals surface area contributed by atoms with Crippen LogP contribution in [0.2, 0.25) is 0 Å². The van der Waals surface area contributed by atoms with Crippen molar-refractivity contribution in [1.29, 1.82) is 0 Å². The Hall–Kier alpha value is -1.70. The molecule has 120 valence electrons. The van der Waals surface area contributed by atoms with Crippen molar-refractivity contribution in [2.75, 3.05) is 0 Å². The highest BCUT2D eigenvalue weighted by Crippen LogP contribution is 2.10. The Balaban J connectivity index is 0. The Bertz CT molecular complexity index is 419. The maximum atomic E-state index is 9.73. The van der Waals surface area contributed by atoms with Crippen molar-refractivity contribution in [3.8, 4) is 0 Å². The molecule has 2 heteroatoms. The van der Waals surface area contributed by atoms with E-state index < -0.39 is 0 Å². The highest BCUT2D eigenvalue weighted by molar-refractivity contribution is 5.28. The molecule has 0 spiro atoms. The molecule has 21 heavy (non-hydrogen) atoms. The zero-order valence-electron chi connectivity index (χ0n) is 14.8. The molecule has 0 saturated carbocycles. The molecule has 0 unspecified atom stereocenters. The van der Waals surface area contributed by atoms with Crippen LogP contribution in [0.1, 0.15) is 59.1 Å². The normalized spacial score (nSPS) is 10.8. The third-order valence-electron chi connectivity index (χ3n) is 2.69. The number of aliphatic hydroxyl groups excluding tert-OH is 1. The van der Waals surface area contributed by atoms with Crippen LogP contribution in [0, 0.1) is 6.92 Å². The number of rotatable bonds is 5. The molecule has 1 aromatic carbocycles. The highest BCUT2D eigenvalue weighted by atomic mass is 16.3. The van der Waals surface area contributed by atoms with E-state index in [0.29, 0.717) is 5.76 Å². The second-order valence-electron chi connectivity index (χ2n) is 3.98. The molecule has 0 atom stereocenters. The van der Waals surface area contributed by atoms with Crippen LogP contribution in [0.25, 0.3) is 0 Å². The summed E-state index contributed by atoms with van der Waals surface area (Å²) in [6, 6.07) is 8.25. The van der Waals surface area contributed by atoms with Gasteiger partial charge < -0.3 is 10.4 Å². The van der Waals surface area contributed by atoms with Gasteiger partial charge in [0, 0.05) is 6.54 Å². The van der Waals surface area contributed by atoms with Crippen molar-refractivity contribution in [1.82, 2.24) is 5.32 Å². The van der Waals surface area contributed by atoms with Gasteiger partial charge in [-0.15, -0.1) is 0 Å². The Kier molecular flexibility index (Phi) is 15.1. The van der Waals surface area contributed by atoms with Gasteiger partial charge in [0.1, 0.15) is 5.76 Å². The summed E-state index contributed by atoms with van der Waals surface area (Å²) in [5, 5.41) is 13.0. The van der Waals surface area contributed by atoms with E-state index in [4.69, 9.17) is 0 Å². The lowest BCUT2D eigenvalue weighted by Crippen LogP contribution is -2.15. The van der Waals surface area contributed by atoms with E-state index in [-0.39, 0.29) is 0 Å². The molecule has 0 heterocycles. The number of nitrogens with one attached hydrogen (secondary N) is 1. The van der Waals surface area contributed by atoms with Gasteiger partial charge in [-0.05, 0) is 37.5 Å². The van der Waals surface area contributed by atoms with E-state index in [9.17, 15) is 5.11 Å². The van der Waals surface area contributed by atoms with Gasteiger partial charge in [-0.3, -0.25) is 0 Å². The van der Waals surface area contributed by atoms with Crippen molar-refractivity contribution in [3.63, 3.8) is 0 Å². The number of allylic oxidation sites excluding steroid dienone is 2. The summed E-state index contributed by atoms with van der Waals surface area (Å²) < 4.78 is 0.